The number of hydrogen-bond acceptors (Lipinski definition) is 6. The Bertz CT molecular complexity index is 1250. The van der Waals surface area contributed by atoms with Gasteiger partial charge >= 0.3 is 0 Å². The first kappa shape index (κ1) is 21.3. The summed E-state index contributed by atoms with van der Waals surface area (Å²) >= 11 is 2.86. The van der Waals surface area contributed by atoms with Crippen LogP contribution < -0.4 is 10.1 Å². The molecule has 0 aliphatic rings. The highest BCUT2D eigenvalue weighted by molar-refractivity contribution is 8.00. The van der Waals surface area contributed by atoms with Crippen LogP contribution in [0, 0.1) is 20.8 Å². The molecule has 5 nitrogen and oxygen atoms in total. The van der Waals surface area contributed by atoms with Gasteiger partial charge in [0.25, 0.3) is 0 Å². The summed E-state index contributed by atoms with van der Waals surface area (Å²) in [5.41, 5.74) is 6.25. The number of hydrogen-bond donors (Lipinski definition) is 1. The molecule has 31 heavy (non-hydrogen) atoms. The van der Waals surface area contributed by atoms with Crippen molar-refractivity contribution in [3.63, 3.8) is 0 Å². The number of fused-ring (bicyclic) bond motifs is 1. The third-order valence-electron chi connectivity index (χ3n) is 4.87. The highest BCUT2D eigenvalue weighted by Crippen LogP contribution is 2.29. The van der Waals surface area contributed by atoms with Crippen molar-refractivity contribution >= 4 is 45.0 Å². The van der Waals surface area contributed by atoms with E-state index in [9.17, 15) is 4.79 Å². The highest BCUT2D eigenvalue weighted by atomic mass is 32.2. The number of carbonyl (C=O) groups is 1. The van der Waals surface area contributed by atoms with Crippen LogP contribution in [0.3, 0.4) is 0 Å². The first-order valence-corrected chi connectivity index (χ1v) is 11.7. The molecule has 0 aliphatic heterocycles. The number of rotatable bonds is 6. The molecule has 0 fully saturated rings. The maximum atomic E-state index is 12.5. The zero-order chi connectivity index (χ0) is 22.0. The molecule has 0 saturated heterocycles. The van der Waals surface area contributed by atoms with E-state index in [0.717, 1.165) is 44.1 Å². The Morgan fingerprint density at radius 1 is 1.06 bits per heavy atom. The van der Waals surface area contributed by atoms with Crippen LogP contribution >= 0.6 is 23.1 Å². The van der Waals surface area contributed by atoms with E-state index >= 15 is 0 Å². The van der Waals surface area contributed by atoms with Gasteiger partial charge < -0.3 is 10.1 Å². The monoisotopic (exact) mass is 449 g/mol. The van der Waals surface area contributed by atoms with E-state index in [2.05, 4.69) is 42.3 Å². The Morgan fingerprint density at radius 3 is 2.58 bits per heavy atom. The van der Waals surface area contributed by atoms with Crippen molar-refractivity contribution in [3.05, 3.63) is 64.5 Å². The lowest BCUT2D eigenvalue weighted by Gasteiger charge is -2.09. The van der Waals surface area contributed by atoms with Gasteiger partial charge in [-0.25, -0.2) is 9.97 Å². The lowest BCUT2D eigenvalue weighted by molar-refractivity contribution is -0.113. The Kier molecular flexibility index (Phi) is 6.25. The van der Waals surface area contributed by atoms with Crippen LogP contribution in [0.15, 0.2) is 52.9 Å². The van der Waals surface area contributed by atoms with Gasteiger partial charge in [0.05, 0.1) is 24.1 Å². The summed E-state index contributed by atoms with van der Waals surface area (Å²) in [5, 5.41) is 7.44. The van der Waals surface area contributed by atoms with Gasteiger partial charge in [-0.15, -0.1) is 11.3 Å². The maximum Gasteiger partial charge on any atom is 0.236 e. The molecule has 0 bridgehead atoms. The highest BCUT2D eigenvalue weighted by Gasteiger charge is 2.12. The fraction of sp³-hybridized carbons (Fsp3) is 0.208. The Balaban J connectivity index is 1.41. The molecule has 1 N–H and O–H groups in total. The lowest BCUT2D eigenvalue weighted by Crippen LogP contribution is -2.14. The van der Waals surface area contributed by atoms with Crippen LogP contribution in [0.25, 0.3) is 22.2 Å². The number of anilines is 1. The molecule has 1 amide bonds. The lowest BCUT2D eigenvalue weighted by atomic mass is 10.1. The fourth-order valence-corrected chi connectivity index (χ4v) is 4.92. The van der Waals surface area contributed by atoms with Crippen LogP contribution in [-0.4, -0.2) is 28.7 Å². The second kappa shape index (κ2) is 9.08. The number of nitrogens with one attached hydrogen (secondary N) is 1. The predicted molar refractivity (Wildman–Crippen MR) is 129 cm³/mol. The topological polar surface area (TPSA) is 64.1 Å². The van der Waals surface area contributed by atoms with Crippen LogP contribution in [-0.2, 0) is 4.79 Å². The number of aryl methyl sites for hydroxylation is 3. The molecule has 2 heterocycles. The number of carbonyl (C=O) groups excluding carboxylic acids is 1. The van der Waals surface area contributed by atoms with Crippen molar-refractivity contribution in [2.75, 3.05) is 18.2 Å². The van der Waals surface area contributed by atoms with Crippen LogP contribution in [0.5, 0.6) is 5.75 Å². The number of thiazole rings is 1. The van der Waals surface area contributed by atoms with E-state index < -0.39 is 0 Å². The van der Waals surface area contributed by atoms with Crippen LogP contribution in [0.1, 0.15) is 16.7 Å². The summed E-state index contributed by atoms with van der Waals surface area (Å²) in [6, 6.07) is 14.1. The molecule has 158 valence electrons. The summed E-state index contributed by atoms with van der Waals surface area (Å²) < 4.78 is 5.19. The van der Waals surface area contributed by atoms with Crippen molar-refractivity contribution in [1.82, 2.24) is 9.97 Å². The number of benzene rings is 2. The summed E-state index contributed by atoms with van der Waals surface area (Å²) in [5.74, 6) is 0.983. The second-order valence-electron chi connectivity index (χ2n) is 7.37. The minimum Gasteiger partial charge on any atom is -0.497 e. The third-order valence-corrected chi connectivity index (χ3v) is 6.72. The standard InChI is InChI=1S/C24H23N3O2S2/c1-14-9-15(2)22-18(10-14)11-16(3)23(27-22)30-13-21(28)26-24-25-20(12-31-24)17-5-7-19(29-4)8-6-17/h5-12H,13H2,1-4H3,(H,25,26,28). The van der Waals surface area contributed by atoms with E-state index in [0.29, 0.717) is 5.13 Å². The largest absolute Gasteiger partial charge is 0.497 e. The number of aromatic nitrogens is 2. The molecule has 0 radical (unpaired) electrons. The van der Waals surface area contributed by atoms with Crippen LogP contribution in [0.2, 0.25) is 0 Å². The van der Waals surface area contributed by atoms with Crippen LogP contribution in [0.4, 0.5) is 5.13 Å². The quantitative estimate of drug-likeness (QED) is 0.365. The SMILES string of the molecule is COc1ccc(-c2csc(NC(=O)CSc3nc4c(C)cc(C)cc4cc3C)n2)cc1. The summed E-state index contributed by atoms with van der Waals surface area (Å²) in [7, 11) is 1.64. The molecule has 0 unspecified atom stereocenters. The van der Waals surface area contributed by atoms with Crippen molar-refractivity contribution in [1.29, 1.82) is 0 Å². The van der Waals surface area contributed by atoms with Crippen molar-refractivity contribution in [3.8, 4) is 17.0 Å². The zero-order valence-corrected chi connectivity index (χ0v) is 19.5. The normalized spacial score (nSPS) is 11.0. The molecule has 7 heteroatoms. The number of nitrogens with zero attached hydrogens (tertiary/aromatic N) is 2. The number of amides is 1. The molecule has 0 spiro atoms. The van der Waals surface area contributed by atoms with Gasteiger partial charge in [0.15, 0.2) is 5.13 Å². The van der Waals surface area contributed by atoms with Gasteiger partial charge in [-0.3, -0.25) is 4.79 Å². The smallest absolute Gasteiger partial charge is 0.236 e. The summed E-state index contributed by atoms with van der Waals surface area (Å²) in [6.07, 6.45) is 0. The molecule has 4 aromatic rings. The predicted octanol–water partition coefficient (Wildman–Crippen LogP) is 6.02. The molecular formula is C24H23N3O2S2. The van der Waals surface area contributed by atoms with Gasteiger partial charge in [0.2, 0.25) is 5.91 Å². The Morgan fingerprint density at radius 2 is 1.84 bits per heavy atom. The fourth-order valence-electron chi connectivity index (χ4n) is 3.40. The Labute approximate surface area is 189 Å². The van der Waals surface area contributed by atoms with E-state index in [1.807, 2.05) is 36.6 Å². The number of thioether (sulfide) groups is 1. The third kappa shape index (κ3) is 4.89. The average molecular weight is 450 g/mol. The molecule has 2 aromatic heterocycles. The van der Waals surface area contributed by atoms with Gasteiger partial charge in [0, 0.05) is 16.3 Å². The summed E-state index contributed by atoms with van der Waals surface area (Å²) in [6.45, 7) is 6.20. The van der Waals surface area contributed by atoms with Gasteiger partial charge in [-0.05, 0) is 68.3 Å². The zero-order valence-electron chi connectivity index (χ0n) is 17.9. The van der Waals surface area contributed by atoms with Crippen molar-refractivity contribution in [2.45, 2.75) is 25.8 Å². The first-order valence-electron chi connectivity index (χ1n) is 9.84. The second-order valence-corrected chi connectivity index (χ2v) is 9.19. The van der Waals surface area contributed by atoms with E-state index in [-0.39, 0.29) is 11.7 Å². The number of ether oxygens (including phenoxy) is 1. The molecule has 2 aromatic carbocycles. The molecular weight excluding hydrogens is 426 g/mol. The van der Waals surface area contributed by atoms with E-state index in [4.69, 9.17) is 9.72 Å². The number of methoxy groups -OCH3 is 1. The average Bonchev–Trinajstić information content (AvgIpc) is 3.20. The van der Waals surface area contributed by atoms with Gasteiger partial charge in [-0.1, -0.05) is 23.4 Å². The molecule has 0 aliphatic carbocycles. The Hall–Kier alpha value is -2.90. The van der Waals surface area contributed by atoms with Gasteiger partial charge in [0.1, 0.15) is 10.8 Å². The van der Waals surface area contributed by atoms with Crippen molar-refractivity contribution in [2.24, 2.45) is 0 Å². The number of pyridine rings is 1. The first-order chi connectivity index (χ1) is 14.9. The minimum atomic E-state index is -0.0949. The molecule has 0 saturated carbocycles. The van der Waals surface area contributed by atoms with E-state index in [1.165, 1.54) is 28.7 Å². The minimum absolute atomic E-state index is 0.0949. The van der Waals surface area contributed by atoms with Crippen molar-refractivity contribution < 1.29 is 9.53 Å². The summed E-state index contributed by atoms with van der Waals surface area (Å²) in [4.78, 5) is 21.8. The molecule has 0 atom stereocenters. The van der Waals surface area contributed by atoms with Gasteiger partial charge in [-0.2, -0.15) is 0 Å². The molecule has 4 rings (SSSR count). The maximum absolute atomic E-state index is 12.5. The van der Waals surface area contributed by atoms with E-state index in [1.54, 1.807) is 7.11 Å².